The third-order valence-corrected chi connectivity index (χ3v) is 6.13. The summed E-state index contributed by atoms with van der Waals surface area (Å²) in [5.74, 6) is 0.118. The van der Waals surface area contributed by atoms with Gasteiger partial charge in [0.25, 0.3) is 0 Å². The molecular formula is C17H26N2O4S. The van der Waals surface area contributed by atoms with Crippen molar-refractivity contribution in [1.29, 1.82) is 0 Å². The maximum atomic E-state index is 12.8. The molecule has 1 amide bonds. The number of amides is 1. The van der Waals surface area contributed by atoms with E-state index in [9.17, 15) is 4.79 Å². The van der Waals surface area contributed by atoms with E-state index in [-0.39, 0.29) is 30.3 Å². The summed E-state index contributed by atoms with van der Waals surface area (Å²) in [6.07, 6.45) is 3.89. The number of fused-ring (bicyclic) bond motifs is 1. The van der Waals surface area contributed by atoms with Crippen LogP contribution in [0.3, 0.4) is 0 Å². The first-order valence-electron chi connectivity index (χ1n) is 8.56. The third kappa shape index (κ3) is 3.49. The molecular weight excluding hydrogens is 328 g/mol. The number of thiazole rings is 1. The van der Waals surface area contributed by atoms with E-state index in [2.05, 4.69) is 4.98 Å². The topological polar surface area (TPSA) is 71.9 Å². The second-order valence-electron chi connectivity index (χ2n) is 6.65. The number of aryl methyl sites for hydroxylation is 1. The molecule has 0 radical (unpaired) electrons. The van der Waals surface area contributed by atoms with E-state index in [0.717, 1.165) is 42.9 Å². The number of rotatable bonds is 6. The number of likely N-dealkylation sites (tertiary alicyclic amines) is 1. The predicted molar refractivity (Wildman–Crippen MR) is 91.1 cm³/mol. The highest BCUT2D eigenvalue weighted by molar-refractivity contribution is 7.09. The molecule has 1 saturated carbocycles. The Balaban J connectivity index is 1.70. The fraction of sp³-hybridized carbons (Fsp3) is 0.765. The molecule has 0 aromatic carbocycles. The number of hydrogen-bond acceptors (Lipinski definition) is 6. The largest absolute Gasteiger partial charge is 0.394 e. The molecule has 2 fully saturated rings. The molecule has 1 aromatic heterocycles. The van der Waals surface area contributed by atoms with Crippen LogP contribution in [0.1, 0.15) is 36.4 Å². The van der Waals surface area contributed by atoms with Crippen LogP contribution < -0.4 is 0 Å². The summed E-state index contributed by atoms with van der Waals surface area (Å²) in [7, 11) is 1.75. The van der Waals surface area contributed by atoms with Crippen LogP contribution in [-0.2, 0) is 20.7 Å². The SMILES string of the molecule is CO[C@@]12CC[C@H](OCCO)C[C@@H]1N(C(=O)Cc1csc(C)n1)CC2. The first-order valence-corrected chi connectivity index (χ1v) is 9.44. The van der Waals surface area contributed by atoms with Gasteiger partial charge in [-0.3, -0.25) is 4.79 Å². The molecule has 7 heteroatoms. The van der Waals surface area contributed by atoms with Gasteiger partial charge in [-0.25, -0.2) is 4.98 Å². The summed E-state index contributed by atoms with van der Waals surface area (Å²) in [6, 6.07) is 0.0483. The summed E-state index contributed by atoms with van der Waals surface area (Å²) in [4.78, 5) is 19.2. The molecule has 1 aromatic rings. The van der Waals surface area contributed by atoms with Gasteiger partial charge in [-0.1, -0.05) is 0 Å². The number of aromatic nitrogens is 1. The number of hydrogen-bond donors (Lipinski definition) is 1. The van der Waals surface area contributed by atoms with E-state index >= 15 is 0 Å². The highest BCUT2D eigenvalue weighted by Crippen LogP contribution is 2.43. The summed E-state index contributed by atoms with van der Waals surface area (Å²) < 4.78 is 11.6. The first kappa shape index (κ1) is 17.8. The van der Waals surface area contributed by atoms with E-state index in [1.54, 1.807) is 18.4 Å². The van der Waals surface area contributed by atoms with E-state index in [1.807, 2.05) is 17.2 Å². The summed E-state index contributed by atoms with van der Waals surface area (Å²) in [5, 5.41) is 11.9. The van der Waals surface area contributed by atoms with E-state index < -0.39 is 0 Å². The molecule has 2 heterocycles. The zero-order valence-electron chi connectivity index (χ0n) is 14.4. The smallest absolute Gasteiger partial charge is 0.228 e. The quantitative estimate of drug-likeness (QED) is 0.839. The highest BCUT2D eigenvalue weighted by Gasteiger charge is 2.52. The number of methoxy groups -OCH3 is 1. The average molecular weight is 354 g/mol. The first-order chi connectivity index (χ1) is 11.6. The standard InChI is InChI=1S/C17H26N2O4S/c1-12-18-13(11-24-12)9-16(21)19-6-5-17(22-2)4-3-14(10-15(17)19)23-8-7-20/h11,14-15,20H,3-10H2,1-2H3/t14-,15-,17+/m0/s1. The van der Waals surface area contributed by atoms with Gasteiger partial charge in [0.05, 0.1) is 48.1 Å². The number of aliphatic hydroxyl groups is 1. The minimum absolute atomic E-state index is 0.0302. The van der Waals surface area contributed by atoms with Gasteiger partial charge in [-0.15, -0.1) is 11.3 Å². The Morgan fingerprint density at radius 1 is 1.54 bits per heavy atom. The number of aliphatic hydroxyl groups excluding tert-OH is 1. The molecule has 1 aliphatic heterocycles. The van der Waals surface area contributed by atoms with E-state index in [0.29, 0.717) is 13.0 Å². The highest BCUT2D eigenvalue weighted by atomic mass is 32.1. The van der Waals surface area contributed by atoms with Crippen LogP contribution in [0.2, 0.25) is 0 Å². The summed E-state index contributed by atoms with van der Waals surface area (Å²) in [6.45, 7) is 3.06. The van der Waals surface area contributed by atoms with E-state index in [4.69, 9.17) is 14.6 Å². The van der Waals surface area contributed by atoms with E-state index in [1.165, 1.54) is 0 Å². The summed E-state index contributed by atoms with van der Waals surface area (Å²) >= 11 is 1.57. The molecule has 2 aliphatic rings. The van der Waals surface area contributed by atoms with Crippen LogP contribution in [0.4, 0.5) is 0 Å². The van der Waals surface area contributed by atoms with Crippen molar-refractivity contribution in [1.82, 2.24) is 9.88 Å². The lowest BCUT2D eigenvalue weighted by atomic mass is 9.79. The van der Waals surface area contributed by atoms with Crippen molar-refractivity contribution < 1.29 is 19.4 Å². The lowest BCUT2D eigenvalue weighted by molar-refractivity contribution is -0.141. The Morgan fingerprint density at radius 3 is 3.04 bits per heavy atom. The molecule has 3 rings (SSSR count). The van der Waals surface area contributed by atoms with Crippen molar-refractivity contribution >= 4 is 17.2 Å². The number of ether oxygens (including phenoxy) is 2. The lowest BCUT2D eigenvalue weighted by Gasteiger charge is -2.43. The van der Waals surface area contributed by atoms with Gasteiger partial charge in [0.2, 0.25) is 5.91 Å². The third-order valence-electron chi connectivity index (χ3n) is 5.31. The van der Waals surface area contributed by atoms with Gasteiger partial charge >= 0.3 is 0 Å². The lowest BCUT2D eigenvalue weighted by Crippen LogP contribution is -2.53. The summed E-state index contributed by atoms with van der Waals surface area (Å²) in [5.41, 5.74) is 0.605. The molecule has 6 nitrogen and oxygen atoms in total. The van der Waals surface area contributed by atoms with Crippen LogP contribution in [-0.4, -0.2) is 65.5 Å². The number of nitrogens with zero attached hydrogens (tertiary/aromatic N) is 2. The maximum Gasteiger partial charge on any atom is 0.228 e. The van der Waals surface area contributed by atoms with Crippen LogP contribution >= 0.6 is 11.3 Å². The minimum Gasteiger partial charge on any atom is -0.394 e. The predicted octanol–water partition coefficient (Wildman–Crippen LogP) is 1.54. The molecule has 134 valence electrons. The fourth-order valence-corrected chi connectivity index (χ4v) is 4.69. The zero-order valence-corrected chi connectivity index (χ0v) is 15.2. The molecule has 0 spiro atoms. The van der Waals surface area contributed by atoms with Crippen LogP contribution in [0.5, 0.6) is 0 Å². The zero-order chi connectivity index (χ0) is 17.2. The van der Waals surface area contributed by atoms with Gasteiger partial charge in [0, 0.05) is 19.0 Å². The number of carbonyl (C=O) groups excluding carboxylic acids is 1. The van der Waals surface area contributed by atoms with Gasteiger partial charge in [0.15, 0.2) is 0 Å². The van der Waals surface area contributed by atoms with Crippen LogP contribution in [0.15, 0.2) is 5.38 Å². The Hall–Kier alpha value is -1.02. The molecule has 1 aliphatic carbocycles. The van der Waals surface area contributed by atoms with Crippen molar-refractivity contribution in [2.75, 3.05) is 26.9 Å². The van der Waals surface area contributed by atoms with Gasteiger partial charge in [-0.2, -0.15) is 0 Å². The number of carbonyl (C=O) groups is 1. The van der Waals surface area contributed by atoms with Gasteiger partial charge < -0.3 is 19.5 Å². The monoisotopic (exact) mass is 354 g/mol. The van der Waals surface area contributed by atoms with Crippen molar-refractivity contribution in [3.63, 3.8) is 0 Å². The van der Waals surface area contributed by atoms with Crippen LogP contribution in [0, 0.1) is 6.92 Å². The molecule has 1 saturated heterocycles. The fourth-order valence-electron chi connectivity index (χ4n) is 4.08. The Kier molecular flexibility index (Phi) is 5.54. The molecule has 0 unspecified atom stereocenters. The average Bonchev–Trinajstić information content (AvgIpc) is 3.16. The molecule has 24 heavy (non-hydrogen) atoms. The van der Waals surface area contributed by atoms with Crippen LogP contribution in [0.25, 0.3) is 0 Å². The minimum atomic E-state index is -0.243. The second-order valence-corrected chi connectivity index (χ2v) is 7.71. The van der Waals surface area contributed by atoms with Crippen molar-refractivity contribution in [3.05, 3.63) is 16.1 Å². The molecule has 1 N–H and O–H groups in total. The second kappa shape index (κ2) is 7.47. The van der Waals surface area contributed by atoms with Crippen molar-refractivity contribution in [2.45, 2.75) is 56.8 Å². The Labute approximate surface area is 146 Å². The van der Waals surface area contributed by atoms with Gasteiger partial charge in [-0.05, 0) is 32.6 Å². The van der Waals surface area contributed by atoms with Crippen molar-refractivity contribution in [2.24, 2.45) is 0 Å². The van der Waals surface area contributed by atoms with Crippen molar-refractivity contribution in [3.8, 4) is 0 Å². The Morgan fingerprint density at radius 2 is 2.38 bits per heavy atom. The van der Waals surface area contributed by atoms with Gasteiger partial charge in [0.1, 0.15) is 0 Å². The normalized spacial score (nSPS) is 29.7. The molecule has 3 atom stereocenters. The Bertz CT molecular complexity index is 579. The maximum absolute atomic E-state index is 12.8. The molecule has 0 bridgehead atoms.